The van der Waals surface area contributed by atoms with E-state index in [0.717, 1.165) is 6.07 Å². The first-order chi connectivity index (χ1) is 9.49. The molecule has 0 aliphatic heterocycles. The van der Waals surface area contributed by atoms with Crippen molar-refractivity contribution >= 4 is 17.6 Å². The molecule has 0 aliphatic carbocycles. The zero-order valence-electron chi connectivity index (χ0n) is 10.6. The monoisotopic (exact) mass is 295 g/mol. The van der Waals surface area contributed by atoms with Crippen LogP contribution in [0.2, 0.25) is 5.02 Å². The molecule has 1 aromatic carbocycles. The minimum absolute atomic E-state index is 0.0150. The second-order valence-corrected chi connectivity index (χ2v) is 4.43. The maximum Gasteiger partial charge on any atom is 0.335 e. The fourth-order valence-electron chi connectivity index (χ4n) is 1.58. The lowest BCUT2D eigenvalue weighted by molar-refractivity contribution is 0.0696. The molecule has 104 valence electrons. The van der Waals surface area contributed by atoms with Crippen molar-refractivity contribution in [3.63, 3.8) is 0 Å². The predicted molar refractivity (Wildman–Crippen MR) is 72.1 cm³/mol. The van der Waals surface area contributed by atoms with Gasteiger partial charge in [0.05, 0.1) is 10.6 Å². The molecule has 0 amide bonds. The van der Waals surface area contributed by atoms with Crippen LogP contribution >= 0.6 is 11.6 Å². The van der Waals surface area contributed by atoms with E-state index in [9.17, 15) is 9.18 Å². The van der Waals surface area contributed by atoms with E-state index in [-0.39, 0.29) is 22.2 Å². The van der Waals surface area contributed by atoms with Gasteiger partial charge in [0.25, 0.3) is 0 Å². The predicted octanol–water partition coefficient (Wildman–Crippen LogP) is 3.93. The van der Waals surface area contributed by atoms with Gasteiger partial charge in [-0.05, 0) is 24.6 Å². The number of nitrogens with zero attached hydrogens (tertiary/aromatic N) is 1. The number of carboxylic acids is 1. The highest BCUT2D eigenvalue weighted by molar-refractivity contribution is 6.30. The molecular weight excluding hydrogens is 285 g/mol. The molecule has 1 heterocycles. The zero-order valence-corrected chi connectivity index (χ0v) is 11.3. The van der Waals surface area contributed by atoms with Crippen LogP contribution < -0.4 is 4.74 Å². The van der Waals surface area contributed by atoms with Gasteiger partial charge in [0.15, 0.2) is 0 Å². The van der Waals surface area contributed by atoms with Crippen LogP contribution in [0.5, 0.6) is 11.6 Å². The topological polar surface area (TPSA) is 59.4 Å². The minimum Gasteiger partial charge on any atom is -0.478 e. The Kier molecular flexibility index (Phi) is 4.20. The molecule has 0 aliphatic rings. The molecule has 2 aromatic rings. The van der Waals surface area contributed by atoms with Crippen molar-refractivity contribution in [2.24, 2.45) is 0 Å². The average molecular weight is 296 g/mol. The van der Waals surface area contributed by atoms with Gasteiger partial charge in [0.2, 0.25) is 5.88 Å². The van der Waals surface area contributed by atoms with E-state index in [1.807, 2.05) is 6.92 Å². The van der Waals surface area contributed by atoms with Crippen molar-refractivity contribution in [3.8, 4) is 11.6 Å². The van der Waals surface area contributed by atoms with E-state index in [2.05, 4.69) is 4.98 Å². The Morgan fingerprint density at radius 2 is 2.15 bits per heavy atom. The summed E-state index contributed by atoms with van der Waals surface area (Å²) in [4.78, 5) is 15.2. The number of benzene rings is 1. The highest BCUT2D eigenvalue weighted by Gasteiger charge is 2.10. The Morgan fingerprint density at radius 1 is 1.40 bits per heavy atom. The summed E-state index contributed by atoms with van der Waals surface area (Å²) < 4.78 is 18.7. The van der Waals surface area contributed by atoms with Crippen LogP contribution in [-0.4, -0.2) is 16.1 Å². The molecule has 0 spiro atoms. The van der Waals surface area contributed by atoms with Crippen LogP contribution in [0.15, 0.2) is 30.3 Å². The Morgan fingerprint density at radius 3 is 2.75 bits per heavy atom. The third kappa shape index (κ3) is 3.24. The highest BCUT2D eigenvalue weighted by atomic mass is 35.5. The van der Waals surface area contributed by atoms with Crippen molar-refractivity contribution in [2.45, 2.75) is 13.3 Å². The highest BCUT2D eigenvalue weighted by Crippen LogP contribution is 2.25. The van der Waals surface area contributed by atoms with Gasteiger partial charge in [-0.1, -0.05) is 18.5 Å². The number of ether oxygens (including phenoxy) is 1. The minimum atomic E-state index is -1.07. The standard InChI is InChI=1S/C14H11ClFNO3/c1-2-9-5-8(14(18)19)6-13(17-9)20-10-3-4-11(15)12(16)7-10/h3-7H,2H2,1H3,(H,18,19). The van der Waals surface area contributed by atoms with Crippen molar-refractivity contribution in [1.82, 2.24) is 4.98 Å². The van der Waals surface area contributed by atoms with E-state index in [1.54, 1.807) is 0 Å². The van der Waals surface area contributed by atoms with Crippen LogP contribution in [0.4, 0.5) is 4.39 Å². The van der Waals surface area contributed by atoms with E-state index >= 15 is 0 Å². The summed E-state index contributed by atoms with van der Waals surface area (Å²) in [5.41, 5.74) is 0.649. The van der Waals surface area contributed by atoms with Gasteiger partial charge in [-0.15, -0.1) is 0 Å². The molecule has 0 radical (unpaired) electrons. The quantitative estimate of drug-likeness (QED) is 0.928. The van der Waals surface area contributed by atoms with Gasteiger partial charge in [0.1, 0.15) is 11.6 Å². The lowest BCUT2D eigenvalue weighted by Crippen LogP contribution is -2.01. The molecule has 0 atom stereocenters. The number of pyridine rings is 1. The average Bonchev–Trinajstić information content (AvgIpc) is 2.42. The maximum atomic E-state index is 13.3. The molecule has 0 fully saturated rings. The Labute approximate surface area is 119 Å². The fraction of sp³-hybridized carbons (Fsp3) is 0.143. The van der Waals surface area contributed by atoms with Crippen molar-refractivity contribution in [3.05, 3.63) is 52.4 Å². The van der Waals surface area contributed by atoms with Crippen LogP contribution in [-0.2, 0) is 6.42 Å². The molecule has 0 bridgehead atoms. The van der Waals surface area contributed by atoms with E-state index < -0.39 is 11.8 Å². The van der Waals surface area contributed by atoms with Crippen LogP contribution in [0.3, 0.4) is 0 Å². The largest absolute Gasteiger partial charge is 0.478 e. The van der Waals surface area contributed by atoms with Crippen LogP contribution in [0.1, 0.15) is 23.0 Å². The van der Waals surface area contributed by atoms with Gasteiger partial charge in [-0.3, -0.25) is 0 Å². The summed E-state index contributed by atoms with van der Waals surface area (Å²) in [5, 5.41) is 9.00. The summed E-state index contributed by atoms with van der Waals surface area (Å²) in [6.45, 7) is 1.85. The molecule has 0 unspecified atom stereocenters. The van der Waals surface area contributed by atoms with Gasteiger partial charge < -0.3 is 9.84 Å². The number of hydrogen-bond donors (Lipinski definition) is 1. The summed E-state index contributed by atoms with van der Waals surface area (Å²) >= 11 is 5.57. The molecule has 0 saturated heterocycles. The van der Waals surface area contributed by atoms with Gasteiger partial charge in [-0.25, -0.2) is 14.2 Å². The third-order valence-corrected chi connectivity index (χ3v) is 2.88. The summed E-state index contributed by atoms with van der Waals surface area (Å²) in [6, 6.07) is 6.70. The molecule has 20 heavy (non-hydrogen) atoms. The first-order valence-corrected chi connectivity index (χ1v) is 6.24. The maximum absolute atomic E-state index is 13.3. The Balaban J connectivity index is 2.34. The van der Waals surface area contributed by atoms with Crippen LogP contribution in [0, 0.1) is 5.82 Å². The fourth-order valence-corrected chi connectivity index (χ4v) is 1.70. The number of carboxylic acid groups (broad SMARTS) is 1. The first kappa shape index (κ1) is 14.3. The zero-order chi connectivity index (χ0) is 14.7. The third-order valence-electron chi connectivity index (χ3n) is 2.58. The first-order valence-electron chi connectivity index (χ1n) is 5.86. The molecular formula is C14H11ClFNO3. The summed E-state index contributed by atoms with van der Waals surface area (Å²) in [6.07, 6.45) is 0.562. The van der Waals surface area contributed by atoms with E-state index in [1.165, 1.54) is 24.3 Å². The SMILES string of the molecule is CCc1cc(C(=O)O)cc(Oc2ccc(Cl)c(F)c2)n1. The van der Waals surface area contributed by atoms with Gasteiger partial charge in [0, 0.05) is 17.8 Å². The van der Waals surface area contributed by atoms with E-state index in [4.69, 9.17) is 21.4 Å². The summed E-state index contributed by atoms with van der Waals surface area (Å²) in [5.74, 6) is -1.39. The number of rotatable bonds is 4. The number of aromatic carboxylic acids is 1. The number of aryl methyl sites for hydroxylation is 1. The molecule has 1 N–H and O–H groups in total. The smallest absolute Gasteiger partial charge is 0.335 e. The van der Waals surface area contributed by atoms with Crippen LogP contribution in [0.25, 0.3) is 0 Å². The van der Waals surface area contributed by atoms with Gasteiger partial charge in [-0.2, -0.15) is 0 Å². The molecule has 1 aromatic heterocycles. The molecule has 2 rings (SSSR count). The van der Waals surface area contributed by atoms with Crippen molar-refractivity contribution < 1.29 is 19.0 Å². The Hall–Kier alpha value is -2.14. The second-order valence-electron chi connectivity index (χ2n) is 4.02. The van der Waals surface area contributed by atoms with Gasteiger partial charge >= 0.3 is 5.97 Å². The molecule has 0 saturated carbocycles. The number of aromatic nitrogens is 1. The van der Waals surface area contributed by atoms with Crippen molar-refractivity contribution in [2.75, 3.05) is 0 Å². The van der Waals surface area contributed by atoms with Crippen molar-refractivity contribution in [1.29, 1.82) is 0 Å². The molecule has 4 nitrogen and oxygen atoms in total. The lowest BCUT2D eigenvalue weighted by atomic mass is 10.2. The Bertz CT molecular complexity index is 661. The lowest BCUT2D eigenvalue weighted by Gasteiger charge is -2.08. The summed E-state index contributed by atoms with van der Waals surface area (Å²) in [7, 11) is 0. The van der Waals surface area contributed by atoms with E-state index in [0.29, 0.717) is 12.1 Å². The number of halogens is 2. The normalized spacial score (nSPS) is 10.3. The molecule has 6 heteroatoms. The number of hydrogen-bond acceptors (Lipinski definition) is 3. The second kappa shape index (κ2) is 5.88. The number of carbonyl (C=O) groups is 1.